The Morgan fingerprint density at radius 3 is 2.56 bits per heavy atom. The van der Waals surface area contributed by atoms with Crippen molar-refractivity contribution < 1.29 is 9.84 Å². The Hall–Kier alpha value is -1.02. The minimum Gasteiger partial charge on any atom is -0.490 e. The van der Waals surface area contributed by atoms with Gasteiger partial charge in [-0.2, -0.15) is 0 Å². The molecule has 1 unspecified atom stereocenters. The van der Waals surface area contributed by atoms with Gasteiger partial charge in [0, 0.05) is 0 Å². The summed E-state index contributed by atoms with van der Waals surface area (Å²) in [6, 6.07) is 7.86. The van der Waals surface area contributed by atoms with E-state index in [1.54, 1.807) is 0 Å². The molecule has 0 aromatic heterocycles. The van der Waals surface area contributed by atoms with Gasteiger partial charge in [-0.15, -0.1) is 0 Å². The highest BCUT2D eigenvalue weighted by Crippen LogP contribution is 2.28. The standard InChI is InChI=1S/C14H20O2/c1-2-3-4-14(15)11-5-7-12(8-6-11)16-13-9-10-13/h5-8,13-15H,2-4,9-10H2,1H3. The molecule has 1 saturated carbocycles. The SMILES string of the molecule is CCCCC(O)c1ccc(OC2CC2)cc1. The Morgan fingerprint density at radius 1 is 1.31 bits per heavy atom. The molecule has 1 N–H and O–H groups in total. The van der Waals surface area contributed by atoms with Gasteiger partial charge in [0.1, 0.15) is 5.75 Å². The van der Waals surface area contributed by atoms with E-state index in [1.165, 1.54) is 12.8 Å². The summed E-state index contributed by atoms with van der Waals surface area (Å²) in [5.74, 6) is 0.925. The molecule has 2 heteroatoms. The number of aliphatic hydroxyl groups is 1. The van der Waals surface area contributed by atoms with Crippen molar-refractivity contribution in [3.05, 3.63) is 29.8 Å². The van der Waals surface area contributed by atoms with Crippen molar-refractivity contribution in [1.82, 2.24) is 0 Å². The van der Waals surface area contributed by atoms with Crippen LogP contribution < -0.4 is 4.74 Å². The maximum atomic E-state index is 9.90. The molecule has 16 heavy (non-hydrogen) atoms. The van der Waals surface area contributed by atoms with Crippen molar-refractivity contribution in [3.8, 4) is 5.75 Å². The van der Waals surface area contributed by atoms with Gasteiger partial charge in [-0.05, 0) is 37.0 Å². The molecule has 2 rings (SSSR count). The average molecular weight is 220 g/mol. The summed E-state index contributed by atoms with van der Waals surface area (Å²) in [6.45, 7) is 2.14. The van der Waals surface area contributed by atoms with Gasteiger partial charge in [0.25, 0.3) is 0 Å². The van der Waals surface area contributed by atoms with E-state index in [2.05, 4.69) is 6.92 Å². The van der Waals surface area contributed by atoms with E-state index in [4.69, 9.17) is 4.74 Å². The highest BCUT2D eigenvalue weighted by atomic mass is 16.5. The third-order valence-corrected chi connectivity index (χ3v) is 2.92. The number of aliphatic hydroxyl groups excluding tert-OH is 1. The molecule has 1 aromatic rings. The fraction of sp³-hybridized carbons (Fsp3) is 0.571. The molecule has 88 valence electrons. The number of unbranched alkanes of at least 4 members (excludes halogenated alkanes) is 1. The van der Waals surface area contributed by atoms with Crippen molar-refractivity contribution >= 4 is 0 Å². The fourth-order valence-electron chi connectivity index (χ4n) is 1.71. The lowest BCUT2D eigenvalue weighted by Crippen LogP contribution is -1.99. The van der Waals surface area contributed by atoms with Crippen molar-refractivity contribution in [3.63, 3.8) is 0 Å². The predicted molar refractivity (Wildman–Crippen MR) is 64.6 cm³/mol. The molecular formula is C14H20O2. The van der Waals surface area contributed by atoms with Crippen molar-refractivity contribution in [2.75, 3.05) is 0 Å². The van der Waals surface area contributed by atoms with Crippen molar-refractivity contribution in [2.24, 2.45) is 0 Å². The van der Waals surface area contributed by atoms with E-state index < -0.39 is 0 Å². The minimum atomic E-state index is -0.324. The number of ether oxygens (including phenoxy) is 1. The maximum absolute atomic E-state index is 9.90. The van der Waals surface area contributed by atoms with E-state index >= 15 is 0 Å². The van der Waals surface area contributed by atoms with E-state index in [0.29, 0.717) is 6.10 Å². The summed E-state index contributed by atoms with van der Waals surface area (Å²) in [6.07, 6.45) is 5.52. The van der Waals surface area contributed by atoms with Crippen LogP contribution in [0.2, 0.25) is 0 Å². The number of benzene rings is 1. The molecule has 1 aliphatic carbocycles. The Kier molecular flexibility index (Phi) is 3.83. The first-order valence-corrected chi connectivity index (χ1v) is 6.24. The zero-order valence-corrected chi connectivity index (χ0v) is 9.86. The first kappa shape index (κ1) is 11.5. The molecule has 1 aromatic carbocycles. The third-order valence-electron chi connectivity index (χ3n) is 2.92. The van der Waals surface area contributed by atoms with Crippen LogP contribution in [0.25, 0.3) is 0 Å². The molecule has 0 aliphatic heterocycles. The van der Waals surface area contributed by atoms with Gasteiger partial charge >= 0.3 is 0 Å². The molecule has 0 saturated heterocycles. The second kappa shape index (κ2) is 5.35. The van der Waals surface area contributed by atoms with E-state index in [-0.39, 0.29) is 6.10 Å². The van der Waals surface area contributed by atoms with Gasteiger partial charge < -0.3 is 9.84 Å². The van der Waals surface area contributed by atoms with Gasteiger partial charge in [-0.1, -0.05) is 31.9 Å². The number of hydrogen-bond donors (Lipinski definition) is 1. The zero-order chi connectivity index (χ0) is 11.4. The largest absolute Gasteiger partial charge is 0.490 e. The summed E-state index contributed by atoms with van der Waals surface area (Å²) in [4.78, 5) is 0. The smallest absolute Gasteiger partial charge is 0.119 e. The van der Waals surface area contributed by atoms with Crippen LogP contribution in [0, 0.1) is 0 Å². The summed E-state index contributed by atoms with van der Waals surface area (Å²) in [5.41, 5.74) is 0.997. The first-order valence-electron chi connectivity index (χ1n) is 6.24. The van der Waals surface area contributed by atoms with Crippen LogP contribution in [0.1, 0.15) is 50.7 Å². The lowest BCUT2D eigenvalue weighted by Gasteiger charge is -2.11. The summed E-state index contributed by atoms with van der Waals surface area (Å²) in [7, 11) is 0. The number of hydrogen-bond acceptors (Lipinski definition) is 2. The monoisotopic (exact) mass is 220 g/mol. The Balaban J connectivity index is 1.89. The molecule has 1 atom stereocenters. The fourth-order valence-corrected chi connectivity index (χ4v) is 1.71. The summed E-state index contributed by atoms with van der Waals surface area (Å²) in [5, 5.41) is 9.90. The lowest BCUT2D eigenvalue weighted by molar-refractivity contribution is 0.164. The van der Waals surface area contributed by atoms with Crippen LogP contribution in [0.4, 0.5) is 0 Å². The molecular weight excluding hydrogens is 200 g/mol. The summed E-state index contributed by atoms with van der Waals surface area (Å²) >= 11 is 0. The van der Waals surface area contributed by atoms with Gasteiger partial charge in [-0.25, -0.2) is 0 Å². The van der Waals surface area contributed by atoms with Crippen LogP contribution >= 0.6 is 0 Å². The average Bonchev–Trinajstić information content (AvgIpc) is 3.11. The van der Waals surface area contributed by atoms with Crippen LogP contribution in [-0.2, 0) is 0 Å². The van der Waals surface area contributed by atoms with Crippen LogP contribution in [0.15, 0.2) is 24.3 Å². The Labute approximate surface area is 97.3 Å². The molecule has 0 heterocycles. The van der Waals surface area contributed by atoms with Crippen molar-refractivity contribution in [2.45, 2.75) is 51.2 Å². The molecule has 0 bridgehead atoms. The van der Waals surface area contributed by atoms with E-state index in [0.717, 1.165) is 30.6 Å². The Morgan fingerprint density at radius 2 is 2.00 bits per heavy atom. The van der Waals surface area contributed by atoms with E-state index in [1.807, 2.05) is 24.3 Å². The van der Waals surface area contributed by atoms with Crippen molar-refractivity contribution in [1.29, 1.82) is 0 Å². The second-order valence-electron chi connectivity index (χ2n) is 4.54. The highest BCUT2D eigenvalue weighted by molar-refractivity contribution is 5.29. The van der Waals surface area contributed by atoms with Gasteiger partial charge in [0.15, 0.2) is 0 Å². The van der Waals surface area contributed by atoms with Crippen LogP contribution in [-0.4, -0.2) is 11.2 Å². The summed E-state index contributed by atoms with van der Waals surface area (Å²) < 4.78 is 5.66. The molecule has 0 radical (unpaired) electrons. The van der Waals surface area contributed by atoms with Gasteiger partial charge in [0.2, 0.25) is 0 Å². The van der Waals surface area contributed by atoms with E-state index in [9.17, 15) is 5.11 Å². The molecule has 2 nitrogen and oxygen atoms in total. The molecule has 1 aliphatic rings. The third kappa shape index (κ3) is 3.24. The second-order valence-corrected chi connectivity index (χ2v) is 4.54. The van der Waals surface area contributed by atoms with Crippen LogP contribution in [0.3, 0.4) is 0 Å². The molecule has 0 spiro atoms. The first-order chi connectivity index (χ1) is 7.79. The lowest BCUT2D eigenvalue weighted by atomic mass is 10.0. The minimum absolute atomic E-state index is 0.324. The maximum Gasteiger partial charge on any atom is 0.119 e. The highest BCUT2D eigenvalue weighted by Gasteiger charge is 2.23. The van der Waals surface area contributed by atoms with Crippen LogP contribution in [0.5, 0.6) is 5.75 Å². The quantitative estimate of drug-likeness (QED) is 0.795. The Bertz CT molecular complexity index is 314. The van der Waals surface area contributed by atoms with Gasteiger partial charge in [-0.3, -0.25) is 0 Å². The molecule has 0 amide bonds. The predicted octanol–water partition coefficient (Wildman–Crippen LogP) is 3.45. The zero-order valence-electron chi connectivity index (χ0n) is 9.86. The van der Waals surface area contributed by atoms with Gasteiger partial charge in [0.05, 0.1) is 12.2 Å². The topological polar surface area (TPSA) is 29.5 Å². The molecule has 1 fully saturated rings. The number of rotatable bonds is 6. The normalized spacial score (nSPS) is 17.1.